The number of nitro benzene ring substituents is 1. The molecule has 5 rings (SSSR count). The zero-order chi connectivity index (χ0) is 28.4. The van der Waals surface area contributed by atoms with Gasteiger partial charge in [-0.1, -0.05) is 29.5 Å². The first-order valence-corrected chi connectivity index (χ1v) is 14.0. The Hall–Kier alpha value is -4.25. The van der Waals surface area contributed by atoms with Gasteiger partial charge in [0.05, 0.1) is 34.4 Å². The zero-order valence-corrected chi connectivity index (χ0v) is 23.4. The number of ether oxygens (including phenoxy) is 2. The molecule has 0 amide bonds. The van der Waals surface area contributed by atoms with E-state index in [-0.39, 0.29) is 23.4 Å². The van der Waals surface area contributed by atoms with Crippen LogP contribution in [0.2, 0.25) is 0 Å². The van der Waals surface area contributed by atoms with Crippen LogP contribution in [0.25, 0.3) is 6.08 Å². The average molecular weight is 563 g/mol. The summed E-state index contributed by atoms with van der Waals surface area (Å²) >= 11 is 1.18. The summed E-state index contributed by atoms with van der Waals surface area (Å²) in [5.41, 5.74) is 2.37. The maximum Gasteiger partial charge on any atom is 0.338 e. The first-order valence-electron chi connectivity index (χ1n) is 13.2. The molecule has 1 atom stereocenters. The first-order chi connectivity index (χ1) is 19.3. The molecule has 1 aromatic heterocycles. The van der Waals surface area contributed by atoms with Gasteiger partial charge in [-0.05, 0) is 51.3 Å². The summed E-state index contributed by atoms with van der Waals surface area (Å²) < 4.78 is 12.8. The molecule has 0 bridgehead atoms. The van der Waals surface area contributed by atoms with Gasteiger partial charge in [0.25, 0.3) is 11.2 Å². The molecule has 1 saturated heterocycles. The monoisotopic (exact) mass is 562 g/mol. The number of methoxy groups -OCH3 is 1. The number of fused-ring (bicyclic) bond motifs is 1. The Labute approximate surface area is 234 Å². The summed E-state index contributed by atoms with van der Waals surface area (Å²) in [7, 11) is 1.54. The van der Waals surface area contributed by atoms with Crippen molar-refractivity contribution in [2.24, 2.45) is 4.99 Å². The minimum Gasteiger partial charge on any atom is -0.496 e. The van der Waals surface area contributed by atoms with Gasteiger partial charge < -0.3 is 14.4 Å². The van der Waals surface area contributed by atoms with Crippen LogP contribution in [-0.2, 0) is 9.53 Å². The molecular formula is C29H30N4O6S. The summed E-state index contributed by atoms with van der Waals surface area (Å²) in [5, 5.41) is 11.6. The predicted molar refractivity (Wildman–Crippen MR) is 153 cm³/mol. The molecule has 2 aromatic carbocycles. The number of anilines is 1. The molecule has 0 saturated carbocycles. The number of aromatic nitrogens is 1. The number of hydrogen-bond acceptors (Lipinski definition) is 9. The fraction of sp³-hybridized carbons (Fsp3) is 0.345. The molecule has 3 aromatic rings. The van der Waals surface area contributed by atoms with E-state index in [1.807, 2.05) is 18.2 Å². The third kappa shape index (κ3) is 5.04. The Morgan fingerprint density at radius 2 is 1.95 bits per heavy atom. The Bertz CT molecular complexity index is 1680. The number of benzene rings is 2. The zero-order valence-electron chi connectivity index (χ0n) is 22.6. The number of para-hydroxylation sites is 1. The van der Waals surface area contributed by atoms with Gasteiger partial charge in [0.15, 0.2) is 4.80 Å². The topological polar surface area (TPSA) is 116 Å². The van der Waals surface area contributed by atoms with E-state index in [1.165, 1.54) is 35.1 Å². The highest BCUT2D eigenvalue weighted by Crippen LogP contribution is 2.36. The van der Waals surface area contributed by atoms with Gasteiger partial charge in [0, 0.05) is 42.0 Å². The molecule has 11 heteroatoms. The minimum atomic E-state index is -0.819. The van der Waals surface area contributed by atoms with Crippen LogP contribution in [0.5, 0.6) is 5.75 Å². The number of nitro groups is 1. The Morgan fingerprint density at radius 3 is 2.65 bits per heavy atom. The molecule has 208 valence electrons. The molecule has 2 aliphatic heterocycles. The van der Waals surface area contributed by atoms with Crippen molar-refractivity contribution < 1.29 is 19.2 Å². The third-order valence-corrected chi connectivity index (χ3v) is 8.14. The van der Waals surface area contributed by atoms with Crippen molar-refractivity contribution in [3.05, 3.63) is 94.7 Å². The number of hydrogen-bond donors (Lipinski definition) is 0. The predicted octanol–water partition coefficient (Wildman–Crippen LogP) is 3.71. The number of carbonyl (C=O) groups excluding carboxylic acids is 1. The van der Waals surface area contributed by atoms with Crippen LogP contribution >= 0.6 is 11.3 Å². The maximum absolute atomic E-state index is 14.1. The van der Waals surface area contributed by atoms with Crippen LogP contribution in [0, 0.1) is 10.1 Å². The van der Waals surface area contributed by atoms with Crippen LogP contribution in [0.1, 0.15) is 50.3 Å². The van der Waals surface area contributed by atoms with Crippen LogP contribution in [0.4, 0.5) is 11.4 Å². The number of piperidine rings is 1. The lowest BCUT2D eigenvalue weighted by Crippen LogP contribution is -2.40. The normalized spacial score (nSPS) is 17.3. The van der Waals surface area contributed by atoms with Gasteiger partial charge >= 0.3 is 5.97 Å². The van der Waals surface area contributed by atoms with Crippen LogP contribution < -0.4 is 24.5 Å². The van der Waals surface area contributed by atoms with Crippen molar-refractivity contribution in [2.75, 3.05) is 31.7 Å². The fourth-order valence-corrected chi connectivity index (χ4v) is 6.35. The standard InChI is InChI=1S/C29H30N4O6S/c1-4-39-28(35)25-18(2)30-29-32(26(25)21-10-6-7-11-23(21)38-3)27(34)24(40-29)17-19-16-20(33(36)37)12-13-22(19)31-14-8-5-9-15-31/h6-7,10-13,16-17,26H,4-5,8-9,14-15H2,1-3H3/b24-17+. The second-order valence-electron chi connectivity index (χ2n) is 9.59. The van der Waals surface area contributed by atoms with E-state index >= 15 is 0 Å². The van der Waals surface area contributed by atoms with E-state index < -0.39 is 16.9 Å². The lowest BCUT2D eigenvalue weighted by molar-refractivity contribution is -0.384. The van der Waals surface area contributed by atoms with Gasteiger partial charge in [-0.15, -0.1) is 0 Å². The number of thiazole rings is 1. The van der Waals surface area contributed by atoms with Gasteiger partial charge in [-0.3, -0.25) is 19.5 Å². The van der Waals surface area contributed by atoms with Crippen LogP contribution in [-0.4, -0.2) is 42.3 Å². The Balaban J connectivity index is 1.74. The quantitative estimate of drug-likeness (QED) is 0.245. The van der Waals surface area contributed by atoms with E-state index in [0.29, 0.717) is 31.9 Å². The number of allylic oxidation sites excluding steroid dienone is 1. The first kappa shape index (κ1) is 27.3. The molecule has 1 fully saturated rings. The second kappa shape index (κ2) is 11.5. The highest BCUT2D eigenvalue weighted by Gasteiger charge is 2.35. The van der Waals surface area contributed by atoms with Gasteiger partial charge in [0.1, 0.15) is 11.8 Å². The molecule has 0 spiro atoms. The van der Waals surface area contributed by atoms with Crippen molar-refractivity contribution in [3.8, 4) is 5.75 Å². The molecule has 40 heavy (non-hydrogen) atoms. The molecule has 10 nitrogen and oxygen atoms in total. The van der Waals surface area contributed by atoms with E-state index in [9.17, 15) is 19.7 Å². The molecular weight excluding hydrogens is 532 g/mol. The lowest BCUT2D eigenvalue weighted by atomic mass is 9.95. The maximum atomic E-state index is 14.1. The molecule has 1 unspecified atom stereocenters. The van der Waals surface area contributed by atoms with Crippen molar-refractivity contribution >= 4 is 34.8 Å². The van der Waals surface area contributed by atoms with Crippen molar-refractivity contribution in [2.45, 2.75) is 39.2 Å². The lowest BCUT2D eigenvalue weighted by Gasteiger charge is -2.30. The molecule has 2 aliphatic rings. The minimum absolute atomic E-state index is 0.0490. The van der Waals surface area contributed by atoms with Crippen molar-refractivity contribution in [1.29, 1.82) is 0 Å². The van der Waals surface area contributed by atoms with E-state index in [0.717, 1.165) is 38.0 Å². The van der Waals surface area contributed by atoms with E-state index in [1.54, 1.807) is 32.1 Å². The number of non-ortho nitro benzene ring substituents is 1. The van der Waals surface area contributed by atoms with Crippen molar-refractivity contribution in [1.82, 2.24) is 4.57 Å². The highest BCUT2D eigenvalue weighted by molar-refractivity contribution is 7.07. The van der Waals surface area contributed by atoms with Gasteiger partial charge in [0.2, 0.25) is 0 Å². The Morgan fingerprint density at radius 1 is 1.20 bits per heavy atom. The van der Waals surface area contributed by atoms with E-state index in [2.05, 4.69) is 9.89 Å². The largest absolute Gasteiger partial charge is 0.496 e. The average Bonchev–Trinajstić information content (AvgIpc) is 3.26. The SMILES string of the molecule is CCOC(=O)C1=C(C)N=c2s/c(=C/c3cc([N+](=O)[O-])ccc3N3CCCCC3)c(=O)n2C1c1ccccc1OC. The summed E-state index contributed by atoms with van der Waals surface area (Å²) in [6.45, 7) is 5.30. The smallest absolute Gasteiger partial charge is 0.338 e. The molecule has 0 N–H and O–H groups in total. The summed E-state index contributed by atoms with van der Waals surface area (Å²) in [6, 6.07) is 11.2. The molecule has 3 heterocycles. The molecule has 0 aliphatic carbocycles. The fourth-order valence-electron chi connectivity index (χ4n) is 5.31. The third-order valence-electron chi connectivity index (χ3n) is 7.16. The van der Waals surface area contributed by atoms with Crippen LogP contribution in [0.15, 0.2) is 63.5 Å². The second-order valence-corrected chi connectivity index (χ2v) is 10.6. The summed E-state index contributed by atoms with van der Waals surface area (Å²) in [6.07, 6.45) is 4.91. The van der Waals surface area contributed by atoms with Crippen LogP contribution in [0.3, 0.4) is 0 Å². The summed E-state index contributed by atoms with van der Waals surface area (Å²) in [4.78, 5) is 45.6. The molecule has 0 radical (unpaired) electrons. The van der Waals surface area contributed by atoms with E-state index in [4.69, 9.17) is 9.47 Å². The highest BCUT2D eigenvalue weighted by atomic mass is 32.1. The van der Waals surface area contributed by atoms with Crippen molar-refractivity contribution in [3.63, 3.8) is 0 Å². The number of carbonyl (C=O) groups is 1. The number of rotatable bonds is 7. The number of nitrogens with zero attached hydrogens (tertiary/aromatic N) is 4. The summed E-state index contributed by atoms with van der Waals surface area (Å²) in [5.74, 6) is -0.0374. The van der Waals surface area contributed by atoms with Gasteiger partial charge in [-0.2, -0.15) is 0 Å². The Kier molecular flexibility index (Phi) is 7.83. The van der Waals surface area contributed by atoms with Gasteiger partial charge in [-0.25, -0.2) is 9.79 Å². The number of esters is 1.